The number of benzene rings is 2. The molecule has 3 rings (SSSR count). The largest absolute Gasteiger partial charge is 0.573 e. The average molecular weight is 550 g/mol. The minimum absolute atomic E-state index is 0.209. The van der Waals surface area contributed by atoms with Crippen LogP contribution in [-0.4, -0.2) is 6.36 Å². The van der Waals surface area contributed by atoms with Gasteiger partial charge in [0.15, 0.2) is 0 Å². The van der Waals surface area contributed by atoms with Crippen LogP contribution in [0.25, 0.3) is 10.1 Å². The zero-order valence-electron chi connectivity index (χ0n) is 23.3. The first-order valence-electron chi connectivity index (χ1n) is 13.0. The number of thiophene rings is 1. The number of aryl methyl sites for hydroxylation is 1. The van der Waals surface area contributed by atoms with Crippen LogP contribution in [0.4, 0.5) is 27.3 Å². The number of halogens is 5. The highest BCUT2D eigenvalue weighted by molar-refractivity contribution is 7.23. The highest BCUT2D eigenvalue weighted by Crippen LogP contribution is 2.35. The quantitative estimate of drug-likeness (QED) is 0.223. The summed E-state index contributed by atoms with van der Waals surface area (Å²) >= 11 is 1.67. The summed E-state index contributed by atoms with van der Waals surface area (Å²) in [6.45, 7) is 15.4. The summed E-state index contributed by atoms with van der Waals surface area (Å²) in [5.41, 5.74) is 2.07. The van der Waals surface area contributed by atoms with Gasteiger partial charge in [-0.15, -0.1) is 24.5 Å². The molecule has 1 aromatic heterocycles. The molecule has 2 aromatic carbocycles. The van der Waals surface area contributed by atoms with E-state index in [-0.39, 0.29) is 5.75 Å². The Hall–Kier alpha value is -2.35. The Labute approximate surface area is 224 Å². The van der Waals surface area contributed by atoms with Gasteiger partial charge in [-0.25, -0.2) is 0 Å². The number of anilines is 1. The number of rotatable bonds is 8. The zero-order valence-corrected chi connectivity index (χ0v) is 24.1. The van der Waals surface area contributed by atoms with Gasteiger partial charge < -0.3 is 10.1 Å². The van der Waals surface area contributed by atoms with E-state index in [4.69, 9.17) is 9.15 Å². The van der Waals surface area contributed by atoms with E-state index in [2.05, 4.69) is 56.8 Å². The summed E-state index contributed by atoms with van der Waals surface area (Å²) in [5, 5.41) is 5.63. The molecule has 37 heavy (non-hydrogen) atoms. The fraction of sp³-hybridized carbons (Fsp3) is 0.517. The van der Waals surface area contributed by atoms with E-state index in [0.717, 1.165) is 10.6 Å². The van der Waals surface area contributed by atoms with E-state index >= 15 is 0 Å². The standard InChI is InChI=1S/C17H14F3NOS.C6H14.C4H10.C2H6.F2/c1-11-14-4-2-3-5-15(14)23-16(11)21-10-12-6-8-13(9-7-12)22-17(18,19)20;1-3-5-6-4-2;1-3-4-2;2*1-2/h2-9,21H,10H2,1H3;3-6H2,1-2H3;3-4H2,1-2H3;1-2H3;. The Morgan fingerprint density at radius 1 is 0.784 bits per heavy atom. The van der Waals surface area contributed by atoms with Crippen LogP contribution in [0.1, 0.15) is 91.2 Å². The van der Waals surface area contributed by atoms with Crippen LogP contribution in [0.15, 0.2) is 48.5 Å². The van der Waals surface area contributed by atoms with E-state index in [0.29, 0.717) is 6.54 Å². The second-order valence-corrected chi connectivity index (χ2v) is 8.86. The molecule has 0 aliphatic rings. The third-order valence-corrected chi connectivity index (χ3v) is 6.14. The molecule has 0 unspecified atom stereocenters. The highest BCUT2D eigenvalue weighted by atomic mass is 32.1. The van der Waals surface area contributed by atoms with Gasteiger partial charge in [0, 0.05) is 20.4 Å². The summed E-state index contributed by atoms with van der Waals surface area (Å²) in [5.74, 6) is -0.209. The van der Waals surface area contributed by atoms with Crippen LogP contribution in [0, 0.1) is 6.92 Å². The lowest BCUT2D eigenvalue weighted by molar-refractivity contribution is -0.274. The lowest BCUT2D eigenvalue weighted by Crippen LogP contribution is -2.17. The number of hydrogen-bond acceptors (Lipinski definition) is 3. The minimum Gasteiger partial charge on any atom is -0.406 e. The van der Waals surface area contributed by atoms with Crippen molar-refractivity contribution in [1.29, 1.82) is 0 Å². The van der Waals surface area contributed by atoms with Gasteiger partial charge in [-0.2, -0.15) is 0 Å². The van der Waals surface area contributed by atoms with Crippen LogP contribution >= 0.6 is 11.3 Å². The van der Waals surface area contributed by atoms with Crippen molar-refractivity contribution in [1.82, 2.24) is 0 Å². The second kappa shape index (κ2) is 22.8. The molecular weight excluding hydrogens is 505 g/mol. The smallest absolute Gasteiger partial charge is 0.406 e. The topological polar surface area (TPSA) is 21.3 Å². The Kier molecular flexibility index (Phi) is 22.7. The van der Waals surface area contributed by atoms with Crippen molar-refractivity contribution in [2.45, 2.75) is 99.9 Å². The molecule has 1 N–H and O–H groups in total. The van der Waals surface area contributed by atoms with Gasteiger partial charge in [-0.1, -0.05) is 110 Å². The Morgan fingerprint density at radius 3 is 1.73 bits per heavy atom. The normalized spacial score (nSPS) is 9.84. The monoisotopic (exact) mass is 549 g/mol. The number of fused-ring (bicyclic) bond motifs is 1. The van der Waals surface area contributed by atoms with Crippen molar-refractivity contribution in [3.63, 3.8) is 0 Å². The maximum atomic E-state index is 12.1. The zero-order chi connectivity index (χ0) is 28.7. The molecule has 0 saturated carbocycles. The molecule has 0 bridgehead atoms. The van der Waals surface area contributed by atoms with E-state index in [1.165, 1.54) is 66.3 Å². The molecule has 212 valence electrons. The molecule has 8 heteroatoms. The maximum absolute atomic E-state index is 12.1. The summed E-state index contributed by atoms with van der Waals surface area (Å²) in [7, 11) is 0. The van der Waals surface area contributed by atoms with Crippen LogP contribution in [0.3, 0.4) is 0 Å². The van der Waals surface area contributed by atoms with Gasteiger partial charge >= 0.3 is 6.36 Å². The molecule has 0 atom stereocenters. The van der Waals surface area contributed by atoms with Gasteiger partial charge in [0.05, 0.1) is 5.00 Å². The number of unbranched alkanes of at least 4 members (excludes halogenated alkanes) is 4. The van der Waals surface area contributed by atoms with Gasteiger partial charge in [-0.3, -0.25) is 0 Å². The van der Waals surface area contributed by atoms with Gasteiger partial charge in [0.25, 0.3) is 0 Å². The third-order valence-electron chi connectivity index (χ3n) is 4.91. The predicted octanol–water partition coefficient (Wildman–Crippen LogP) is 12.0. The first-order valence-corrected chi connectivity index (χ1v) is 13.8. The number of hydrogen-bond donors (Lipinski definition) is 1. The molecule has 0 fully saturated rings. The molecule has 0 amide bonds. The summed E-state index contributed by atoms with van der Waals surface area (Å²) in [6, 6.07) is 14.0. The van der Waals surface area contributed by atoms with Crippen molar-refractivity contribution < 1.29 is 27.1 Å². The molecular formula is C29H44F5NOS. The summed E-state index contributed by atoms with van der Waals surface area (Å²) in [6.07, 6.45) is 3.52. The van der Waals surface area contributed by atoms with E-state index in [9.17, 15) is 13.2 Å². The van der Waals surface area contributed by atoms with Gasteiger partial charge in [-0.05, 0) is 41.6 Å². The predicted molar refractivity (Wildman–Crippen MR) is 151 cm³/mol. The Morgan fingerprint density at radius 2 is 1.30 bits per heavy atom. The van der Waals surface area contributed by atoms with E-state index < -0.39 is 6.36 Å². The van der Waals surface area contributed by atoms with Crippen LogP contribution in [0.5, 0.6) is 5.75 Å². The maximum Gasteiger partial charge on any atom is 0.573 e. The van der Waals surface area contributed by atoms with Crippen molar-refractivity contribution in [2.24, 2.45) is 0 Å². The third kappa shape index (κ3) is 16.9. The summed E-state index contributed by atoms with van der Waals surface area (Å²) < 4.78 is 57.4. The Bertz CT molecular complexity index is 905. The fourth-order valence-electron chi connectivity index (χ4n) is 2.83. The van der Waals surface area contributed by atoms with Crippen molar-refractivity contribution in [2.75, 3.05) is 5.32 Å². The Balaban J connectivity index is 0. The molecule has 3 aromatic rings. The minimum atomic E-state index is -4.66. The number of ether oxygens (including phenoxy) is 1. The first kappa shape index (κ1) is 36.8. The lowest BCUT2D eigenvalue weighted by Gasteiger charge is -2.10. The molecule has 0 spiro atoms. The van der Waals surface area contributed by atoms with Gasteiger partial charge in [0.2, 0.25) is 0 Å². The molecule has 0 radical (unpaired) electrons. The first-order chi connectivity index (χ1) is 17.8. The number of nitrogens with one attached hydrogen (secondary N) is 1. The lowest BCUT2D eigenvalue weighted by atomic mass is 10.2. The van der Waals surface area contributed by atoms with Crippen LogP contribution in [0.2, 0.25) is 0 Å². The number of alkyl halides is 3. The van der Waals surface area contributed by atoms with Crippen molar-refractivity contribution in [3.8, 4) is 5.75 Å². The highest BCUT2D eigenvalue weighted by Gasteiger charge is 2.30. The molecule has 0 saturated heterocycles. The van der Waals surface area contributed by atoms with Crippen LogP contribution < -0.4 is 10.1 Å². The second-order valence-electron chi connectivity index (χ2n) is 7.80. The van der Waals surface area contributed by atoms with Crippen molar-refractivity contribution >= 4 is 26.4 Å². The van der Waals surface area contributed by atoms with Crippen LogP contribution in [-0.2, 0) is 6.54 Å². The molecule has 1 heterocycles. The van der Waals surface area contributed by atoms with Gasteiger partial charge in [0.1, 0.15) is 5.75 Å². The summed E-state index contributed by atoms with van der Waals surface area (Å²) in [4.78, 5) is 0. The molecule has 2 nitrogen and oxygen atoms in total. The van der Waals surface area contributed by atoms with Crippen molar-refractivity contribution in [3.05, 3.63) is 59.7 Å². The molecule has 0 aliphatic carbocycles. The fourth-order valence-corrected chi connectivity index (χ4v) is 3.94. The average Bonchev–Trinajstić information content (AvgIpc) is 3.24. The van der Waals surface area contributed by atoms with E-state index in [1.54, 1.807) is 23.5 Å². The SMILES string of the molecule is CC.CCCC.CCCCCC.Cc1c(NCc2ccc(OC(F)(F)F)cc2)sc2ccccc12.FF. The molecule has 0 aliphatic heterocycles. The van der Waals surface area contributed by atoms with E-state index in [1.807, 2.05) is 26.0 Å².